The number of hydrogen-bond donors (Lipinski definition) is 8. The first kappa shape index (κ1) is 31.0. The molecule has 41 heavy (non-hydrogen) atoms. The molecule has 2 aromatic heterocycles. The molecule has 14 nitrogen and oxygen atoms in total. The lowest BCUT2D eigenvalue weighted by Crippen LogP contribution is -2.58. The van der Waals surface area contributed by atoms with Crippen LogP contribution in [0, 0.1) is 0 Å². The van der Waals surface area contributed by atoms with Gasteiger partial charge < -0.3 is 42.5 Å². The number of rotatable bonds is 17. The van der Waals surface area contributed by atoms with Crippen LogP contribution in [0.2, 0.25) is 0 Å². The maximum atomic E-state index is 13.6. The van der Waals surface area contributed by atoms with Crippen molar-refractivity contribution in [2.75, 3.05) is 6.54 Å². The topological polar surface area (TPSA) is 234 Å². The van der Waals surface area contributed by atoms with Crippen LogP contribution in [0.4, 0.5) is 0 Å². The minimum Gasteiger partial charge on any atom is -0.480 e. The minimum absolute atomic E-state index is 0.0120. The highest BCUT2D eigenvalue weighted by molar-refractivity contribution is 5.94. The summed E-state index contributed by atoms with van der Waals surface area (Å²) >= 11 is 0. The van der Waals surface area contributed by atoms with Gasteiger partial charge in [-0.3, -0.25) is 14.4 Å². The molecule has 2 heterocycles. The summed E-state index contributed by atoms with van der Waals surface area (Å²) in [6.07, 6.45) is 7.58. The molecule has 0 spiro atoms. The van der Waals surface area contributed by atoms with Crippen LogP contribution >= 0.6 is 0 Å². The van der Waals surface area contributed by atoms with E-state index in [-0.39, 0.29) is 25.7 Å². The van der Waals surface area contributed by atoms with E-state index >= 15 is 0 Å². The Balaban J connectivity index is 1.77. The summed E-state index contributed by atoms with van der Waals surface area (Å²) in [6, 6.07) is 4.71. The van der Waals surface area contributed by atoms with Gasteiger partial charge in [0.1, 0.15) is 18.1 Å². The van der Waals surface area contributed by atoms with Crippen LogP contribution in [0.25, 0.3) is 0 Å². The Labute approximate surface area is 237 Å². The van der Waals surface area contributed by atoms with E-state index in [4.69, 9.17) is 11.5 Å². The Hall–Kier alpha value is -4.56. The summed E-state index contributed by atoms with van der Waals surface area (Å²) in [6.45, 7) is 0.402. The van der Waals surface area contributed by atoms with E-state index in [2.05, 4.69) is 35.9 Å². The number of carbonyl (C=O) groups is 4. The third-order valence-electron chi connectivity index (χ3n) is 6.42. The van der Waals surface area contributed by atoms with Gasteiger partial charge in [0, 0.05) is 43.0 Å². The Bertz CT molecular complexity index is 1240. The third kappa shape index (κ3) is 10.2. The summed E-state index contributed by atoms with van der Waals surface area (Å²) in [4.78, 5) is 65.3. The van der Waals surface area contributed by atoms with Crippen molar-refractivity contribution in [3.05, 3.63) is 72.3 Å². The fraction of sp³-hybridized carbons (Fsp3) is 0.407. The molecule has 0 fully saturated rings. The monoisotopic (exact) mass is 567 g/mol. The van der Waals surface area contributed by atoms with Crippen molar-refractivity contribution in [1.82, 2.24) is 35.9 Å². The zero-order chi connectivity index (χ0) is 29.6. The quantitative estimate of drug-likeness (QED) is 0.0948. The second kappa shape index (κ2) is 15.9. The Morgan fingerprint density at radius 1 is 0.780 bits per heavy atom. The van der Waals surface area contributed by atoms with Gasteiger partial charge >= 0.3 is 5.97 Å². The first-order valence-electron chi connectivity index (χ1n) is 13.3. The van der Waals surface area contributed by atoms with Crippen LogP contribution in [0.15, 0.2) is 55.4 Å². The largest absolute Gasteiger partial charge is 0.480 e. The van der Waals surface area contributed by atoms with Gasteiger partial charge in [0.05, 0.1) is 18.7 Å². The highest BCUT2D eigenvalue weighted by Gasteiger charge is 2.31. The van der Waals surface area contributed by atoms with Gasteiger partial charge in [-0.25, -0.2) is 14.8 Å². The summed E-state index contributed by atoms with van der Waals surface area (Å²) in [7, 11) is 0. The number of nitrogens with two attached hydrogens (primary N) is 2. The Morgan fingerprint density at radius 3 is 1.90 bits per heavy atom. The van der Waals surface area contributed by atoms with Crippen molar-refractivity contribution in [3.8, 4) is 0 Å². The van der Waals surface area contributed by atoms with Crippen molar-refractivity contribution in [2.45, 2.75) is 62.7 Å². The number of hydrogen-bond acceptors (Lipinski definition) is 8. The molecule has 0 saturated heterocycles. The van der Waals surface area contributed by atoms with Crippen LogP contribution in [0.5, 0.6) is 0 Å². The van der Waals surface area contributed by atoms with E-state index in [1.807, 2.05) is 18.2 Å². The molecule has 4 atom stereocenters. The third-order valence-corrected chi connectivity index (χ3v) is 6.42. The number of carbonyl (C=O) groups excluding carboxylic acids is 3. The van der Waals surface area contributed by atoms with Crippen molar-refractivity contribution in [1.29, 1.82) is 0 Å². The molecule has 0 saturated carbocycles. The van der Waals surface area contributed by atoms with E-state index < -0.39 is 47.9 Å². The Kier molecular flexibility index (Phi) is 12.0. The molecule has 0 aliphatic heterocycles. The van der Waals surface area contributed by atoms with Crippen molar-refractivity contribution >= 4 is 23.7 Å². The van der Waals surface area contributed by atoms with Crippen LogP contribution < -0.4 is 27.4 Å². The molecule has 10 N–H and O–H groups in total. The maximum Gasteiger partial charge on any atom is 0.326 e. The van der Waals surface area contributed by atoms with Gasteiger partial charge in [-0.15, -0.1) is 0 Å². The van der Waals surface area contributed by atoms with E-state index in [0.29, 0.717) is 30.8 Å². The molecular formula is C27H37N9O5. The molecule has 3 aromatic rings. The normalized spacial score (nSPS) is 13.9. The number of nitrogens with one attached hydrogen (secondary N) is 5. The fourth-order valence-corrected chi connectivity index (χ4v) is 4.18. The molecule has 0 bridgehead atoms. The Morgan fingerprint density at radius 2 is 1.34 bits per heavy atom. The van der Waals surface area contributed by atoms with E-state index in [9.17, 15) is 24.3 Å². The number of aliphatic carboxylic acids is 1. The summed E-state index contributed by atoms with van der Waals surface area (Å²) in [5.41, 5.74) is 13.6. The second-order valence-corrected chi connectivity index (χ2v) is 9.66. The van der Waals surface area contributed by atoms with E-state index in [1.54, 1.807) is 18.3 Å². The number of imidazole rings is 2. The standard InChI is InChI=1S/C27H37N9O5/c28-9-5-4-8-21(27(40)41)34-26(39)23(12-19-14-31-16-33-19)36-25(38)22(10-17-6-2-1-3-7-17)35-24(37)20(29)11-18-13-30-15-32-18/h1-3,6-7,13-16,20-23H,4-5,8-12,28-29H2,(H,30,32)(H,31,33)(H,34,39)(H,35,37)(H,36,38)(H,40,41). The number of H-pyrrole nitrogens is 2. The molecule has 4 unspecified atom stereocenters. The van der Waals surface area contributed by atoms with E-state index in [0.717, 1.165) is 5.56 Å². The summed E-state index contributed by atoms with van der Waals surface area (Å²) in [5.74, 6) is -3.07. The molecule has 0 radical (unpaired) electrons. The lowest BCUT2D eigenvalue weighted by molar-refractivity contribution is -0.142. The smallest absolute Gasteiger partial charge is 0.326 e. The minimum atomic E-state index is -1.19. The maximum absolute atomic E-state index is 13.6. The van der Waals surface area contributed by atoms with Crippen molar-refractivity contribution < 1.29 is 24.3 Å². The van der Waals surface area contributed by atoms with Gasteiger partial charge in [-0.1, -0.05) is 30.3 Å². The molecule has 220 valence electrons. The van der Waals surface area contributed by atoms with E-state index in [1.165, 1.54) is 18.9 Å². The molecule has 0 aliphatic rings. The zero-order valence-electron chi connectivity index (χ0n) is 22.6. The van der Waals surface area contributed by atoms with Crippen molar-refractivity contribution in [2.24, 2.45) is 11.5 Å². The number of carboxylic acid groups (broad SMARTS) is 1. The van der Waals surface area contributed by atoms with Crippen LogP contribution in [0.3, 0.4) is 0 Å². The zero-order valence-corrected chi connectivity index (χ0v) is 22.6. The first-order chi connectivity index (χ1) is 19.8. The number of aromatic nitrogens is 4. The number of benzene rings is 1. The van der Waals surface area contributed by atoms with Gasteiger partial charge in [-0.2, -0.15) is 0 Å². The molecular weight excluding hydrogens is 530 g/mol. The molecule has 0 aliphatic carbocycles. The molecule has 3 amide bonds. The van der Waals surface area contributed by atoms with Gasteiger partial charge in [0.15, 0.2) is 0 Å². The highest BCUT2D eigenvalue weighted by atomic mass is 16.4. The average Bonchev–Trinajstić information content (AvgIpc) is 3.67. The second-order valence-electron chi connectivity index (χ2n) is 9.66. The SMILES string of the molecule is NCCCCC(NC(=O)C(Cc1cnc[nH]1)NC(=O)C(Cc1ccccc1)NC(=O)C(N)Cc1cnc[nH]1)C(=O)O. The molecule has 1 aromatic carbocycles. The summed E-state index contributed by atoms with van der Waals surface area (Å²) in [5, 5.41) is 17.5. The fourth-order valence-electron chi connectivity index (χ4n) is 4.18. The number of nitrogens with zero attached hydrogens (tertiary/aromatic N) is 2. The van der Waals surface area contributed by atoms with Crippen LogP contribution in [-0.4, -0.2) is 79.4 Å². The predicted molar refractivity (Wildman–Crippen MR) is 149 cm³/mol. The molecule has 3 rings (SSSR count). The lowest BCUT2D eigenvalue weighted by Gasteiger charge is -2.25. The van der Waals surface area contributed by atoms with Crippen LogP contribution in [0.1, 0.15) is 36.2 Å². The van der Waals surface area contributed by atoms with Crippen LogP contribution in [-0.2, 0) is 38.4 Å². The van der Waals surface area contributed by atoms with Gasteiger partial charge in [0.25, 0.3) is 0 Å². The van der Waals surface area contributed by atoms with Gasteiger partial charge in [-0.05, 0) is 31.4 Å². The highest BCUT2D eigenvalue weighted by Crippen LogP contribution is 2.08. The first-order valence-corrected chi connectivity index (χ1v) is 13.3. The predicted octanol–water partition coefficient (Wildman–Crippen LogP) is -0.844. The number of unbranched alkanes of at least 4 members (excludes halogenated alkanes) is 1. The summed E-state index contributed by atoms with van der Waals surface area (Å²) < 4.78 is 0. The number of amides is 3. The molecule has 14 heteroatoms. The van der Waals surface area contributed by atoms with Crippen molar-refractivity contribution in [3.63, 3.8) is 0 Å². The number of carboxylic acids is 1. The lowest BCUT2D eigenvalue weighted by atomic mass is 10.0. The van der Waals surface area contributed by atoms with Gasteiger partial charge in [0.2, 0.25) is 17.7 Å². The average molecular weight is 568 g/mol. The number of aromatic amines is 2.